The highest BCUT2D eigenvalue weighted by atomic mass is 19.4. The van der Waals surface area contributed by atoms with Gasteiger partial charge in [-0.05, 0) is 37.3 Å². The number of nitrogens with one attached hydrogen (secondary N) is 2. The molecule has 0 aliphatic carbocycles. The molecule has 0 bridgehead atoms. The Bertz CT molecular complexity index is 1120. The Morgan fingerprint density at radius 3 is 2.56 bits per heavy atom. The van der Waals surface area contributed by atoms with Crippen molar-refractivity contribution in [2.45, 2.75) is 19.5 Å². The number of aryl methyl sites for hydroxylation is 1. The minimum Gasteiger partial charge on any atom is -0.444 e. The van der Waals surface area contributed by atoms with Gasteiger partial charge in [-0.3, -0.25) is 0 Å². The maximum atomic E-state index is 13.2. The number of urea groups is 1. The quantitative estimate of drug-likeness (QED) is 0.533. The molecule has 2 amide bonds. The van der Waals surface area contributed by atoms with Crippen molar-refractivity contribution < 1.29 is 27.1 Å². The fourth-order valence-electron chi connectivity index (χ4n) is 3.61. The molecule has 180 valence electrons. The van der Waals surface area contributed by atoms with Gasteiger partial charge in [-0.2, -0.15) is 13.2 Å². The van der Waals surface area contributed by atoms with E-state index in [1.807, 2.05) is 36.1 Å². The van der Waals surface area contributed by atoms with E-state index in [1.54, 1.807) is 0 Å². The Kier molecular flexibility index (Phi) is 7.06. The number of carbonyl (C=O) groups excluding carboxylic acids is 1. The summed E-state index contributed by atoms with van der Waals surface area (Å²) in [5, 5.41) is 5.23. The molecule has 2 heterocycles. The van der Waals surface area contributed by atoms with E-state index in [2.05, 4.69) is 15.6 Å². The molecule has 0 saturated carbocycles. The summed E-state index contributed by atoms with van der Waals surface area (Å²) < 4.78 is 50.5. The van der Waals surface area contributed by atoms with Gasteiger partial charge in [-0.1, -0.05) is 17.7 Å². The van der Waals surface area contributed by atoms with Crippen LogP contribution in [0, 0.1) is 6.92 Å². The number of halogens is 3. The van der Waals surface area contributed by atoms with E-state index in [-0.39, 0.29) is 12.2 Å². The monoisotopic (exact) mass is 474 g/mol. The van der Waals surface area contributed by atoms with Crippen LogP contribution in [0.5, 0.6) is 0 Å². The lowest BCUT2D eigenvalue weighted by atomic mass is 10.1. The second-order valence-corrected chi connectivity index (χ2v) is 7.97. The molecule has 2 aromatic carbocycles. The maximum absolute atomic E-state index is 13.2. The van der Waals surface area contributed by atoms with Crippen molar-refractivity contribution in [2.24, 2.45) is 0 Å². The predicted molar refractivity (Wildman–Crippen MR) is 122 cm³/mol. The number of amides is 2. The fourth-order valence-corrected chi connectivity index (χ4v) is 3.61. The van der Waals surface area contributed by atoms with Gasteiger partial charge in [0.2, 0.25) is 5.89 Å². The second kappa shape index (κ2) is 10.2. The van der Waals surface area contributed by atoms with Gasteiger partial charge in [0.1, 0.15) is 6.26 Å². The van der Waals surface area contributed by atoms with Gasteiger partial charge >= 0.3 is 12.2 Å². The van der Waals surface area contributed by atoms with E-state index in [9.17, 15) is 18.0 Å². The SMILES string of the molecule is Cc1ccc(-c2nc(CCNC(=O)Nc3cc(C(F)(F)F)ccc3N3CCOCC3)co2)cc1. The fraction of sp³-hybridized carbons (Fsp3) is 0.333. The molecule has 1 aliphatic heterocycles. The average molecular weight is 474 g/mol. The molecule has 1 aromatic heterocycles. The van der Waals surface area contributed by atoms with Crippen molar-refractivity contribution in [1.82, 2.24) is 10.3 Å². The van der Waals surface area contributed by atoms with Crippen LogP contribution < -0.4 is 15.5 Å². The van der Waals surface area contributed by atoms with Crippen LogP contribution in [0.4, 0.5) is 29.3 Å². The third-order valence-corrected chi connectivity index (χ3v) is 5.44. The van der Waals surface area contributed by atoms with Gasteiger partial charge in [0, 0.05) is 31.6 Å². The van der Waals surface area contributed by atoms with Crippen LogP contribution in [-0.4, -0.2) is 43.9 Å². The lowest BCUT2D eigenvalue weighted by Gasteiger charge is -2.31. The smallest absolute Gasteiger partial charge is 0.416 e. The highest BCUT2D eigenvalue weighted by Crippen LogP contribution is 2.35. The summed E-state index contributed by atoms with van der Waals surface area (Å²) >= 11 is 0. The topological polar surface area (TPSA) is 79.6 Å². The van der Waals surface area contributed by atoms with Gasteiger partial charge in [0.05, 0.1) is 35.8 Å². The number of anilines is 2. The third kappa shape index (κ3) is 5.88. The lowest BCUT2D eigenvalue weighted by molar-refractivity contribution is -0.137. The molecule has 7 nitrogen and oxygen atoms in total. The molecule has 1 fully saturated rings. The highest BCUT2D eigenvalue weighted by molar-refractivity contribution is 5.93. The summed E-state index contributed by atoms with van der Waals surface area (Å²) in [5.74, 6) is 0.485. The van der Waals surface area contributed by atoms with Gasteiger partial charge in [0.15, 0.2) is 0 Å². The zero-order valence-electron chi connectivity index (χ0n) is 18.6. The summed E-state index contributed by atoms with van der Waals surface area (Å²) in [7, 11) is 0. The minimum atomic E-state index is -4.52. The first kappa shape index (κ1) is 23.6. The van der Waals surface area contributed by atoms with E-state index < -0.39 is 17.8 Å². The molecular formula is C24H25F3N4O3. The average Bonchev–Trinajstić information content (AvgIpc) is 3.28. The molecular weight excluding hydrogens is 449 g/mol. The Morgan fingerprint density at radius 2 is 1.85 bits per heavy atom. The zero-order valence-corrected chi connectivity index (χ0v) is 18.6. The number of nitrogens with zero attached hydrogens (tertiary/aromatic N) is 2. The number of morpholine rings is 1. The number of rotatable bonds is 6. The molecule has 0 unspecified atom stereocenters. The lowest BCUT2D eigenvalue weighted by Crippen LogP contribution is -2.37. The third-order valence-electron chi connectivity index (χ3n) is 5.44. The molecule has 3 aromatic rings. The normalized spacial score (nSPS) is 14.2. The van der Waals surface area contributed by atoms with Crippen LogP contribution in [-0.2, 0) is 17.3 Å². The van der Waals surface area contributed by atoms with E-state index in [4.69, 9.17) is 9.15 Å². The van der Waals surface area contributed by atoms with Crippen LogP contribution in [0.3, 0.4) is 0 Å². The van der Waals surface area contributed by atoms with Crippen molar-refractivity contribution in [3.05, 3.63) is 65.5 Å². The summed E-state index contributed by atoms with van der Waals surface area (Å²) in [5.41, 5.74) is 2.42. The molecule has 10 heteroatoms. The van der Waals surface area contributed by atoms with Crippen LogP contribution >= 0.6 is 0 Å². The van der Waals surface area contributed by atoms with Crippen LogP contribution in [0.25, 0.3) is 11.5 Å². The number of ether oxygens (including phenoxy) is 1. The number of hydrogen-bond acceptors (Lipinski definition) is 5. The molecule has 0 radical (unpaired) electrons. The first-order chi connectivity index (χ1) is 16.3. The second-order valence-electron chi connectivity index (χ2n) is 7.97. The van der Waals surface area contributed by atoms with E-state index >= 15 is 0 Å². The van der Waals surface area contributed by atoms with Crippen LogP contribution in [0.2, 0.25) is 0 Å². The maximum Gasteiger partial charge on any atom is 0.416 e. The molecule has 1 aliphatic rings. The first-order valence-corrected chi connectivity index (χ1v) is 10.9. The molecule has 34 heavy (non-hydrogen) atoms. The van der Waals surface area contributed by atoms with Gasteiger partial charge in [-0.25, -0.2) is 9.78 Å². The van der Waals surface area contributed by atoms with E-state index in [0.29, 0.717) is 50.0 Å². The Morgan fingerprint density at radius 1 is 1.12 bits per heavy atom. The summed E-state index contributed by atoms with van der Waals surface area (Å²) in [4.78, 5) is 18.8. The standard InChI is InChI=1S/C24H25F3N4O3/c1-16-2-4-17(5-3-16)22-29-19(15-34-22)8-9-28-23(32)30-20-14-18(24(25,26)27)6-7-21(20)31-10-12-33-13-11-31/h2-7,14-15H,8-13H2,1H3,(H2,28,30,32). The predicted octanol–water partition coefficient (Wildman–Crippen LogP) is 4.87. The summed E-state index contributed by atoms with van der Waals surface area (Å²) in [6.45, 7) is 4.21. The van der Waals surface area contributed by atoms with Crippen molar-refractivity contribution in [1.29, 1.82) is 0 Å². The number of hydrogen-bond donors (Lipinski definition) is 2. The Balaban J connectivity index is 1.38. The van der Waals surface area contributed by atoms with E-state index in [0.717, 1.165) is 23.3 Å². The Labute approximate surface area is 194 Å². The summed E-state index contributed by atoms with van der Waals surface area (Å²) in [6, 6.07) is 10.5. The number of aromatic nitrogens is 1. The number of alkyl halides is 3. The molecule has 0 spiro atoms. The highest BCUT2D eigenvalue weighted by Gasteiger charge is 2.32. The van der Waals surface area contributed by atoms with Crippen LogP contribution in [0.15, 0.2) is 53.1 Å². The first-order valence-electron chi connectivity index (χ1n) is 10.9. The van der Waals surface area contributed by atoms with Crippen molar-refractivity contribution in [3.63, 3.8) is 0 Å². The molecule has 0 atom stereocenters. The molecule has 2 N–H and O–H groups in total. The van der Waals surface area contributed by atoms with Gasteiger partial charge in [-0.15, -0.1) is 0 Å². The largest absolute Gasteiger partial charge is 0.444 e. The number of oxazole rings is 1. The Hall–Kier alpha value is -3.53. The minimum absolute atomic E-state index is 0.0947. The number of carbonyl (C=O) groups is 1. The van der Waals surface area contributed by atoms with Gasteiger partial charge < -0.3 is 24.7 Å². The van der Waals surface area contributed by atoms with E-state index in [1.165, 1.54) is 12.3 Å². The van der Waals surface area contributed by atoms with Crippen LogP contribution in [0.1, 0.15) is 16.8 Å². The molecule has 1 saturated heterocycles. The summed E-state index contributed by atoms with van der Waals surface area (Å²) in [6.07, 6.45) is -2.58. The van der Waals surface area contributed by atoms with Gasteiger partial charge in [0.25, 0.3) is 0 Å². The van der Waals surface area contributed by atoms with Crippen molar-refractivity contribution >= 4 is 17.4 Å². The number of benzene rings is 2. The van der Waals surface area contributed by atoms with Crippen molar-refractivity contribution in [2.75, 3.05) is 43.1 Å². The molecule has 4 rings (SSSR count). The zero-order chi connectivity index (χ0) is 24.1. The van der Waals surface area contributed by atoms with Crippen molar-refractivity contribution in [3.8, 4) is 11.5 Å².